The molecule has 0 heterocycles. The number of anilines is 2. The first kappa shape index (κ1) is 15.4. The van der Waals surface area contributed by atoms with E-state index in [0.29, 0.717) is 11.4 Å². The second-order valence-corrected chi connectivity index (χ2v) is 4.72. The van der Waals surface area contributed by atoms with Gasteiger partial charge in [0.1, 0.15) is 5.82 Å². The van der Waals surface area contributed by atoms with E-state index in [-0.39, 0.29) is 0 Å². The van der Waals surface area contributed by atoms with Crippen molar-refractivity contribution >= 4 is 23.2 Å². The van der Waals surface area contributed by atoms with Crippen LogP contribution in [0.3, 0.4) is 0 Å². The van der Waals surface area contributed by atoms with Gasteiger partial charge in [-0.15, -0.1) is 0 Å². The van der Waals surface area contributed by atoms with Gasteiger partial charge in [-0.2, -0.15) is 0 Å². The Morgan fingerprint density at radius 1 is 1.05 bits per heavy atom. The Kier molecular flexibility index (Phi) is 4.68. The molecule has 0 saturated heterocycles. The molecule has 0 unspecified atom stereocenters. The normalized spacial score (nSPS) is 10.6. The fourth-order valence-corrected chi connectivity index (χ4v) is 1.99. The highest BCUT2D eigenvalue weighted by Crippen LogP contribution is 2.26. The molecule has 0 atom stereocenters. The maximum absolute atomic E-state index is 13.1. The van der Waals surface area contributed by atoms with Gasteiger partial charge in [-0.25, -0.2) is 4.39 Å². The highest BCUT2D eigenvalue weighted by molar-refractivity contribution is 6.09. The molecule has 2 aromatic rings. The van der Waals surface area contributed by atoms with Gasteiger partial charge in [-0.1, -0.05) is 12.1 Å². The first-order valence-electron chi connectivity index (χ1n) is 6.61. The Labute approximate surface area is 127 Å². The van der Waals surface area contributed by atoms with E-state index in [4.69, 9.17) is 5.73 Å². The van der Waals surface area contributed by atoms with Gasteiger partial charge in [0.25, 0.3) is 5.91 Å². The van der Waals surface area contributed by atoms with Crippen molar-refractivity contribution in [1.29, 1.82) is 0 Å². The molecule has 0 aliphatic carbocycles. The summed E-state index contributed by atoms with van der Waals surface area (Å²) in [5.74, 6) is -1.55. The molecule has 0 radical (unpaired) electrons. The third-order valence-corrected chi connectivity index (χ3v) is 2.96. The maximum Gasteiger partial charge on any atom is 0.255 e. The van der Waals surface area contributed by atoms with E-state index in [0.717, 1.165) is 17.7 Å². The first-order valence-corrected chi connectivity index (χ1v) is 6.61. The number of hydrogen-bond donors (Lipinski definition) is 1. The highest BCUT2D eigenvalue weighted by atomic mass is 19.1. The predicted octanol–water partition coefficient (Wildman–Crippen LogP) is 2.84. The van der Waals surface area contributed by atoms with Gasteiger partial charge in [0.2, 0.25) is 5.91 Å². The number of aryl methyl sites for hydroxylation is 1. The van der Waals surface area contributed by atoms with E-state index in [1.54, 1.807) is 6.07 Å². The number of halogens is 1. The summed E-state index contributed by atoms with van der Waals surface area (Å²) in [6, 6.07) is 12.8. The minimum Gasteiger partial charge on any atom is -0.366 e. The lowest BCUT2D eigenvalue weighted by Crippen LogP contribution is -2.24. The molecule has 2 aromatic carbocycles. The van der Waals surface area contributed by atoms with Gasteiger partial charge in [0.05, 0.1) is 0 Å². The van der Waals surface area contributed by atoms with Crippen LogP contribution in [0.5, 0.6) is 0 Å². The Hall–Kier alpha value is -2.95. The average Bonchev–Trinajstić information content (AvgIpc) is 2.47. The standard InChI is InChI=1S/C17H15FN2O2/c1-12-3-2-4-15(11-12)20(17(22)10-9-16(19)21)14-7-5-13(18)6-8-14/h2-11H,1H3,(H2,19,21). The minimum atomic E-state index is -0.711. The summed E-state index contributed by atoms with van der Waals surface area (Å²) < 4.78 is 13.1. The fourth-order valence-electron chi connectivity index (χ4n) is 1.99. The molecular formula is C17H15FN2O2. The van der Waals surface area contributed by atoms with Gasteiger partial charge >= 0.3 is 0 Å². The summed E-state index contributed by atoms with van der Waals surface area (Å²) in [5, 5.41) is 0. The van der Waals surface area contributed by atoms with Crippen LogP contribution >= 0.6 is 0 Å². The second-order valence-electron chi connectivity index (χ2n) is 4.72. The molecule has 2 amide bonds. The molecule has 2 rings (SSSR count). The summed E-state index contributed by atoms with van der Waals surface area (Å²) in [6.45, 7) is 1.90. The zero-order valence-electron chi connectivity index (χ0n) is 12.0. The van der Waals surface area contributed by atoms with Crippen LogP contribution in [0.15, 0.2) is 60.7 Å². The van der Waals surface area contributed by atoms with Crippen molar-refractivity contribution in [2.24, 2.45) is 5.73 Å². The molecule has 0 saturated carbocycles. The van der Waals surface area contributed by atoms with Crippen LogP contribution in [0.2, 0.25) is 0 Å². The van der Waals surface area contributed by atoms with Crippen molar-refractivity contribution in [3.63, 3.8) is 0 Å². The van der Waals surface area contributed by atoms with Crippen molar-refractivity contribution in [2.75, 3.05) is 4.90 Å². The summed E-state index contributed by atoms with van der Waals surface area (Å²) in [5.41, 5.74) is 7.09. The molecular weight excluding hydrogens is 283 g/mol. The molecule has 0 bridgehead atoms. The van der Waals surface area contributed by atoms with Gasteiger partial charge in [-0.3, -0.25) is 14.5 Å². The van der Waals surface area contributed by atoms with Crippen LogP contribution < -0.4 is 10.6 Å². The third-order valence-electron chi connectivity index (χ3n) is 2.96. The van der Waals surface area contributed by atoms with E-state index >= 15 is 0 Å². The molecule has 0 aliphatic heterocycles. The first-order chi connectivity index (χ1) is 10.5. The number of carbonyl (C=O) groups is 2. The van der Waals surface area contributed by atoms with Crippen LogP contribution in [0.4, 0.5) is 15.8 Å². The predicted molar refractivity (Wildman–Crippen MR) is 83.1 cm³/mol. The van der Waals surface area contributed by atoms with Crippen molar-refractivity contribution in [1.82, 2.24) is 0 Å². The van der Waals surface area contributed by atoms with E-state index in [1.807, 2.05) is 25.1 Å². The lowest BCUT2D eigenvalue weighted by atomic mass is 10.1. The van der Waals surface area contributed by atoms with Crippen molar-refractivity contribution in [3.8, 4) is 0 Å². The SMILES string of the molecule is Cc1cccc(N(C(=O)C=CC(N)=O)c2ccc(F)cc2)c1. The van der Waals surface area contributed by atoms with Gasteiger partial charge in [0, 0.05) is 23.5 Å². The molecule has 22 heavy (non-hydrogen) atoms. The summed E-state index contributed by atoms with van der Waals surface area (Å²) in [4.78, 5) is 24.6. The van der Waals surface area contributed by atoms with E-state index in [1.165, 1.54) is 29.2 Å². The summed E-state index contributed by atoms with van der Waals surface area (Å²) in [6.07, 6.45) is 2.09. The van der Waals surface area contributed by atoms with Crippen LogP contribution in [0.25, 0.3) is 0 Å². The largest absolute Gasteiger partial charge is 0.366 e. The highest BCUT2D eigenvalue weighted by Gasteiger charge is 2.16. The lowest BCUT2D eigenvalue weighted by Gasteiger charge is -2.22. The second kappa shape index (κ2) is 6.67. The summed E-state index contributed by atoms with van der Waals surface area (Å²) >= 11 is 0. The quantitative estimate of drug-likeness (QED) is 0.882. The topological polar surface area (TPSA) is 63.4 Å². The Bertz CT molecular complexity index is 724. The van der Waals surface area contributed by atoms with Crippen molar-refractivity contribution in [2.45, 2.75) is 6.92 Å². The van der Waals surface area contributed by atoms with E-state index in [9.17, 15) is 14.0 Å². The third kappa shape index (κ3) is 3.79. The number of nitrogens with zero attached hydrogens (tertiary/aromatic N) is 1. The average molecular weight is 298 g/mol. The number of amides is 2. The summed E-state index contributed by atoms with van der Waals surface area (Å²) in [7, 11) is 0. The number of benzene rings is 2. The molecule has 0 aromatic heterocycles. The zero-order valence-corrected chi connectivity index (χ0v) is 12.0. The number of carbonyl (C=O) groups excluding carboxylic acids is 2. The Morgan fingerprint density at radius 2 is 1.73 bits per heavy atom. The zero-order chi connectivity index (χ0) is 16.1. The Balaban J connectivity index is 2.46. The van der Waals surface area contributed by atoms with Crippen LogP contribution in [0.1, 0.15) is 5.56 Å². The van der Waals surface area contributed by atoms with Crippen molar-refractivity contribution in [3.05, 3.63) is 72.1 Å². The molecule has 2 N–H and O–H groups in total. The molecule has 112 valence electrons. The molecule has 4 nitrogen and oxygen atoms in total. The smallest absolute Gasteiger partial charge is 0.255 e. The number of nitrogens with two attached hydrogens (primary N) is 1. The molecule has 0 aliphatic rings. The Morgan fingerprint density at radius 3 is 2.32 bits per heavy atom. The van der Waals surface area contributed by atoms with Crippen LogP contribution in [0, 0.1) is 12.7 Å². The van der Waals surface area contributed by atoms with Gasteiger partial charge in [-0.05, 0) is 48.9 Å². The molecule has 0 spiro atoms. The van der Waals surface area contributed by atoms with Gasteiger partial charge in [0.15, 0.2) is 0 Å². The monoisotopic (exact) mass is 298 g/mol. The number of primary amides is 1. The van der Waals surface area contributed by atoms with E-state index in [2.05, 4.69) is 0 Å². The van der Waals surface area contributed by atoms with Crippen LogP contribution in [-0.2, 0) is 9.59 Å². The molecule has 5 heteroatoms. The lowest BCUT2D eigenvalue weighted by molar-refractivity contribution is -0.115. The molecule has 0 fully saturated rings. The van der Waals surface area contributed by atoms with Crippen molar-refractivity contribution < 1.29 is 14.0 Å². The van der Waals surface area contributed by atoms with Gasteiger partial charge < -0.3 is 5.73 Å². The maximum atomic E-state index is 13.1. The number of hydrogen-bond acceptors (Lipinski definition) is 2. The van der Waals surface area contributed by atoms with Crippen LogP contribution in [-0.4, -0.2) is 11.8 Å². The minimum absolute atomic E-state index is 0.395. The fraction of sp³-hybridized carbons (Fsp3) is 0.0588. The number of rotatable bonds is 4. The van der Waals surface area contributed by atoms with E-state index < -0.39 is 17.6 Å².